The molecule has 3 rings (SSSR count). The van der Waals surface area contributed by atoms with Gasteiger partial charge in [-0.05, 0) is 26.0 Å². The van der Waals surface area contributed by atoms with E-state index >= 15 is 0 Å². The molecule has 1 aromatic carbocycles. The maximum Gasteiger partial charge on any atom is 0.263 e. The monoisotopic (exact) mass is 428 g/mol. The molecule has 0 saturated carbocycles. The van der Waals surface area contributed by atoms with E-state index in [-0.39, 0.29) is 41.4 Å². The Balaban J connectivity index is 2.19. The van der Waals surface area contributed by atoms with Gasteiger partial charge in [0.05, 0.1) is 34.6 Å². The van der Waals surface area contributed by atoms with E-state index in [0.717, 1.165) is 0 Å². The van der Waals surface area contributed by atoms with Crippen LogP contribution in [0.25, 0.3) is 10.9 Å². The highest BCUT2D eigenvalue weighted by molar-refractivity contribution is 6.35. The SMILES string of the molecule is COCC(C)n1c([C@H](C)Nc2nc(N)nc(N)c2C#N)nc2cccc(Cl)c2c1=O. The molecule has 2 aromatic heterocycles. The summed E-state index contributed by atoms with van der Waals surface area (Å²) >= 11 is 6.27. The topological polar surface area (TPSA) is 158 Å². The molecule has 0 radical (unpaired) electrons. The molecule has 2 atom stereocenters. The lowest BCUT2D eigenvalue weighted by atomic mass is 10.2. The third-order valence-corrected chi connectivity index (χ3v) is 4.88. The van der Waals surface area contributed by atoms with E-state index in [9.17, 15) is 10.1 Å². The molecule has 30 heavy (non-hydrogen) atoms. The molecule has 3 aromatic rings. The van der Waals surface area contributed by atoms with Crippen molar-refractivity contribution in [2.24, 2.45) is 0 Å². The number of halogens is 1. The number of benzene rings is 1. The fourth-order valence-electron chi connectivity index (χ4n) is 3.25. The molecular weight excluding hydrogens is 408 g/mol. The van der Waals surface area contributed by atoms with Crippen LogP contribution in [0.4, 0.5) is 17.6 Å². The Morgan fingerprint density at radius 2 is 2.03 bits per heavy atom. The summed E-state index contributed by atoms with van der Waals surface area (Å²) in [5.74, 6) is 0.452. The van der Waals surface area contributed by atoms with Gasteiger partial charge in [0.1, 0.15) is 23.3 Å². The first kappa shape index (κ1) is 21.3. The smallest absolute Gasteiger partial charge is 0.263 e. The van der Waals surface area contributed by atoms with Gasteiger partial charge in [-0.2, -0.15) is 15.2 Å². The Morgan fingerprint density at radius 1 is 1.30 bits per heavy atom. The number of hydrogen-bond acceptors (Lipinski definition) is 9. The molecular formula is C19H21ClN8O2. The van der Waals surface area contributed by atoms with Crippen LogP contribution in [0.1, 0.15) is 37.3 Å². The summed E-state index contributed by atoms with van der Waals surface area (Å²) in [6, 6.07) is 6.17. The number of nitriles is 1. The molecule has 0 aliphatic heterocycles. The number of anilines is 3. The van der Waals surface area contributed by atoms with Gasteiger partial charge in [-0.3, -0.25) is 9.36 Å². The standard InChI is InChI=1S/C19H21ClN8O2/c1-9(8-30-3)28-17(25-13-6-4-5-12(20)14(13)18(28)29)10(2)24-16-11(7-21)15(22)26-19(23)27-16/h4-6,9-10H,8H2,1-3H3,(H5,22,23,24,26,27)/t9?,10-/m0/s1. The summed E-state index contributed by atoms with van der Waals surface area (Å²) in [7, 11) is 1.55. The van der Waals surface area contributed by atoms with E-state index in [1.807, 2.05) is 13.0 Å². The Hall–Kier alpha value is -3.42. The van der Waals surface area contributed by atoms with E-state index in [1.54, 1.807) is 32.2 Å². The number of aromatic nitrogens is 4. The van der Waals surface area contributed by atoms with Crippen molar-refractivity contribution in [3.05, 3.63) is 45.0 Å². The van der Waals surface area contributed by atoms with Crippen LogP contribution in [0.5, 0.6) is 0 Å². The van der Waals surface area contributed by atoms with Crippen molar-refractivity contribution >= 4 is 40.1 Å². The van der Waals surface area contributed by atoms with Crippen LogP contribution in [0.15, 0.2) is 23.0 Å². The summed E-state index contributed by atoms with van der Waals surface area (Å²) in [4.78, 5) is 25.9. The Bertz CT molecular complexity index is 1200. The van der Waals surface area contributed by atoms with Gasteiger partial charge in [0.2, 0.25) is 5.95 Å². The van der Waals surface area contributed by atoms with Crippen molar-refractivity contribution < 1.29 is 4.74 Å². The summed E-state index contributed by atoms with van der Waals surface area (Å²) in [6.07, 6.45) is 0. The van der Waals surface area contributed by atoms with Gasteiger partial charge in [0, 0.05) is 7.11 Å². The van der Waals surface area contributed by atoms with Crippen LogP contribution in [-0.2, 0) is 4.74 Å². The van der Waals surface area contributed by atoms with Gasteiger partial charge in [-0.15, -0.1) is 0 Å². The molecule has 11 heteroatoms. The van der Waals surface area contributed by atoms with Crippen LogP contribution in [0.2, 0.25) is 5.02 Å². The number of nitrogens with two attached hydrogens (primary N) is 2. The predicted octanol–water partition coefficient (Wildman–Crippen LogP) is 2.26. The number of rotatable bonds is 6. The summed E-state index contributed by atoms with van der Waals surface area (Å²) in [6.45, 7) is 3.91. The molecule has 0 spiro atoms. The van der Waals surface area contributed by atoms with Crippen molar-refractivity contribution in [3.8, 4) is 6.07 Å². The Morgan fingerprint density at radius 3 is 2.70 bits per heavy atom. The Kier molecular flexibility index (Phi) is 6.05. The van der Waals surface area contributed by atoms with E-state index in [4.69, 9.17) is 27.8 Å². The number of fused-ring (bicyclic) bond motifs is 1. The van der Waals surface area contributed by atoms with Crippen LogP contribution in [-0.4, -0.2) is 33.2 Å². The van der Waals surface area contributed by atoms with E-state index in [1.165, 1.54) is 4.57 Å². The average molecular weight is 429 g/mol. The number of nitrogens with one attached hydrogen (secondary N) is 1. The highest BCUT2D eigenvalue weighted by Crippen LogP contribution is 2.26. The van der Waals surface area contributed by atoms with Crippen molar-refractivity contribution in [1.29, 1.82) is 5.26 Å². The number of ether oxygens (including phenoxy) is 1. The van der Waals surface area contributed by atoms with Gasteiger partial charge in [-0.1, -0.05) is 17.7 Å². The summed E-state index contributed by atoms with van der Waals surface area (Å²) < 4.78 is 6.76. The van der Waals surface area contributed by atoms with Crippen molar-refractivity contribution in [1.82, 2.24) is 19.5 Å². The third kappa shape index (κ3) is 3.85. The second-order valence-electron chi connectivity index (χ2n) is 6.75. The van der Waals surface area contributed by atoms with Crippen molar-refractivity contribution in [3.63, 3.8) is 0 Å². The second kappa shape index (κ2) is 8.52. The molecule has 0 amide bonds. The minimum atomic E-state index is -0.541. The molecule has 0 aliphatic carbocycles. The molecule has 156 valence electrons. The first-order valence-corrected chi connectivity index (χ1v) is 9.45. The maximum absolute atomic E-state index is 13.3. The van der Waals surface area contributed by atoms with Crippen LogP contribution in [0, 0.1) is 11.3 Å². The molecule has 0 fully saturated rings. The minimum Gasteiger partial charge on any atom is -0.383 e. The van der Waals surface area contributed by atoms with E-state index < -0.39 is 6.04 Å². The van der Waals surface area contributed by atoms with Crippen LogP contribution < -0.4 is 22.3 Å². The fraction of sp³-hybridized carbons (Fsp3) is 0.316. The first-order valence-electron chi connectivity index (χ1n) is 9.07. The quantitative estimate of drug-likeness (QED) is 0.535. The van der Waals surface area contributed by atoms with Gasteiger partial charge in [-0.25, -0.2) is 4.98 Å². The molecule has 0 aliphatic rings. The fourth-order valence-corrected chi connectivity index (χ4v) is 3.50. The zero-order valence-corrected chi connectivity index (χ0v) is 17.4. The van der Waals surface area contributed by atoms with Crippen molar-refractivity contribution in [2.75, 3.05) is 30.5 Å². The van der Waals surface area contributed by atoms with Gasteiger partial charge in [0.25, 0.3) is 5.56 Å². The van der Waals surface area contributed by atoms with Crippen LogP contribution in [0.3, 0.4) is 0 Å². The van der Waals surface area contributed by atoms with Crippen molar-refractivity contribution in [2.45, 2.75) is 25.9 Å². The summed E-state index contributed by atoms with van der Waals surface area (Å²) in [5, 5.41) is 13.1. The lowest BCUT2D eigenvalue weighted by Crippen LogP contribution is -2.32. The lowest BCUT2D eigenvalue weighted by molar-refractivity contribution is 0.158. The number of hydrogen-bond donors (Lipinski definition) is 3. The zero-order chi connectivity index (χ0) is 22.0. The first-order chi connectivity index (χ1) is 14.3. The van der Waals surface area contributed by atoms with E-state index in [0.29, 0.717) is 21.7 Å². The molecule has 0 bridgehead atoms. The molecule has 0 saturated heterocycles. The number of nitrogen functional groups attached to an aromatic ring is 2. The Labute approximate surface area is 177 Å². The highest BCUT2D eigenvalue weighted by atomic mass is 35.5. The molecule has 2 heterocycles. The number of methoxy groups -OCH3 is 1. The van der Waals surface area contributed by atoms with Gasteiger partial charge < -0.3 is 21.5 Å². The third-order valence-electron chi connectivity index (χ3n) is 4.56. The largest absolute Gasteiger partial charge is 0.383 e. The second-order valence-corrected chi connectivity index (χ2v) is 7.16. The number of nitrogens with zero attached hydrogens (tertiary/aromatic N) is 5. The summed E-state index contributed by atoms with van der Waals surface area (Å²) in [5.41, 5.74) is 11.7. The predicted molar refractivity (Wildman–Crippen MR) is 115 cm³/mol. The van der Waals surface area contributed by atoms with Gasteiger partial charge >= 0.3 is 0 Å². The maximum atomic E-state index is 13.3. The average Bonchev–Trinajstić information content (AvgIpc) is 2.67. The van der Waals surface area contributed by atoms with Gasteiger partial charge in [0.15, 0.2) is 5.82 Å². The molecule has 1 unspecified atom stereocenters. The zero-order valence-electron chi connectivity index (χ0n) is 16.7. The van der Waals surface area contributed by atoms with E-state index in [2.05, 4.69) is 20.3 Å². The minimum absolute atomic E-state index is 0.0388. The molecule has 5 N–H and O–H groups in total. The molecule has 10 nitrogen and oxygen atoms in total. The lowest BCUT2D eigenvalue weighted by Gasteiger charge is -2.24. The van der Waals surface area contributed by atoms with Crippen LogP contribution >= 0.6 is 11.6 Å². The normalized spacial score (nSPS) is 13.0. The highest BCUT2D eigenvalue weighted by Gasteiger charge is 2.23.